The highest BCUT2D eigenvalue weighted by Gasteiger charge is 2.28. The third kappa shape index (κ3) is 2.63. The van der Waals surface area contributed by atoms with E-state index in [1.165, 1.54) is 11.6 Å². The van der Waals surface area contributed by atoms with Crippen LogP contribution in [0.2, 0.25) is 0 Å². The highest BCUT2D eigenvalue weighted by Crippen LogP contribution is 2.17. The molecule has 0 radical (unpaired) electrons. The van der Waals surface area contributed by atoms with Crippen LogP contribution in [0.15, 0.2) is 17.2 Å². The van der Waals surface area contributed by atoms with Gasteiger partial charge in [-0.15, -0.1) is 0 Å². The van der Waals surface area contributed by atoms with Crippen LogP contribution in [0.1, 0.15) is 25.6 Å². The van der Waals surface area contributed by atoms with Gasteiger partial charge in [-0.05, 0) is 17.7 Å². The summed E-state index contributed by atoms with van der Waals surface area (Å²) in [5, 5.41) is 15.6. The molecule has 0 bridgehead atoms. The van der Waals surface area contributed by atoms with Gasteiger partial charge in [0.15, 0.2) is 6.54 Å². The molecule has 1 unspecified atom stereocenters. The number of carbonyl (C=O) groups is 1. The molecule has 1 aromatic heterocycles. The van der Waals surface area contributed by atoms with E-state index in [9.17, 15) is 9.90 Å². The summed E-state index contributed by atoms with van der Waals surface area (Å²) in [6.45, 7) is 6.88. The van der Waals surface area contributed by atoms with Gasteiger partial charge in [-0.3, -0.25) is 14.6 Å². The fourth-order valence-corrected chi connectivity index (χ4v) is 1.20. The first-order valence-corrected chi connectivity index (χ1v) is 4.52. The molecule has 6 nitrogen and oxygen atoms in total. The zero-order valence-corrected chi connectivity index (χ0v) is 8.73. The van der Waals surface area contributed by atoms with Crippen molar-refractivity contribution in [2.24, 2.45) is 0 Å². The van der Waals surface area contributed by atoms with Crippen molar-refractivity contribution in [3.8, 4) is 0 Å². The lowest BCUT2D eigenvalue weighted by molar-refractivity contribution is -0.762. The van der Waals surface area contributed by atoms with Gasteiger partial charge in [0.2, 0.25) is 11.2 Å². The summed E-state index contributed by atoms with van der Waals surface area (Å²) in [4.78, 5) is 10.8. The first kappa shape index (κ1) is 11.4. The lowest BCUT2D eigenvalue weighted by Gasteiger charge is -1.98. The van der Waals surface area contributed by atoms with Crippen molar-refractivity contribution in [2.45, 2.75) is 26.5 Å². The molecule has 0 spiro atoms. The number of nitrogens with zero attached hydrogens (tertiary/aromatic N) is 2. The van der Waals surface area contributed by atoms with Crippen molar-refractivity contribution in [3.05, 3.63) is 18.3 Å². The van der Waals surface area contributed by atoms with Gasteiger partial charge in [-0.25, -0.2) is 0 Å². The molecule has 0 aliphatic rings. The summed E-state index contributed by atoms with van der Waals surface area (Å²) in [7, 11) is 0. The number of nitrogens with one attached hydrogen (secondary N) is 1. The molecule has 1 aromatic rings. The van der Waals surface area contributed by atoms with Crippen LogP contribution in [0.4, 0.5) is 5.88 Å². The van der Waals surface area contributed by atoms with Gasteiger partial charge in [0.05, 0.1) is 0 Å². The predicted molar refractivity (Wildman–Crippen MR) is 51.8 cm³/mol. The Morgan fingerprint density at radius 3 is 3.00 bits per heavy atom. The molecule has 0 aliphatic carbocycles. The fraction of sp³-hybridized carbons (Fsp3) is 0.444. The SMILES string of the molecule is C=CC[n+]1noc(NC(C)=O)c1C(C)O. The van der Waals surface area contributed by atoms with Gasteiger partial charge in [-0.1, -0.05) is 6.58 Å². The Kier molecular flexibility index (Phi) is 3.56. The molecule has 0 saturated heterocycles. The summed E-state index contributed by atoms with van der Waals surface area (Å²) in [6.07, 6.45) is 0.837. The molecule has 1 amide bonds. The van der Waals surface area contributed by atoms with E-state index in [-0.39, 0.29) is 11.8 Å². The monoisotopic (exact) mass is 212 g/mol. The first-order chi connectivity index (χ1) is 7.06. The number of aliphatic hydroxyl groups excluding tert-OH is 1. The van der Waals surface area contributed by atoms with Crippen molar-refractivity contribution in [1.29, 1.82) is 0 Å². The minimum absolute atomic E-state index is 0.166. The van der Waals surface area contributed by atoms with E-state index in [2.05, 4.69) is 17.2 Å². The standard InChI is InChI=1S/C9H13N3O3/c1-4-5-12-8(6(2)13)9(15-11-12)10-7(3)14/h4,6,13H,1,5H2,2-3H3/p+1. The van der Waals surface area contributed by atoms with Crippen molar-refractivity contribution in [2.75, 3.05) is 5.32 Å². The number of rotatable bonds is 4. The molecule has 6 heteroatoms. The van der Waals surface area contributed by atoms with Gasteiger partial charge >= 0.3 is 11.6 Å². The second-order valence-corrected chi connectivity index (χ2v) is 3.12. The van der Waals surface area contributed by atoms with Gasteiger partial charge in [0.25, 0.3) is 0 Å². The Bertz CT molecular complexity index is 371. The minimum Gasteiger partial charge on any atom is -0.382 e. The molecule has 1 atom stereocenters. The van der Waals surface area contributed by atoms with Crippen LogP contribution in [-0.2, 0) is 11.3 Å². The molecule has 0 saturated carbocycles. The van der Waals surface area contributed by atoms with Gasteiger partial charge < -0.3 is 5.11 Å². The molecular weight excluding hydrogens is 198 g/mol. The number of amides is 1. The number of aromatic nitrogens is 2. The Balaban J connectivity index is 3.05. The van der Waals surface area contributed by atoms with Crippen LogP contribution in [-0.4, -0.2) is 16.3 Å². The van der Waals surface area contributed by atoms with Crippen LogP contribution in [0, 0.1) is 0 Å². The molecule has 0 fully saturated rings. The number of anilines is 1. The van der Waals surface area contributed by atoms with E-state index < -0.39 is 6.10 Å². The Morgan fingerprint density at radius 1 is 1.87 bits per heavy atom. The van der Waals surface area contributed by atoms with Crippen molar-refractivity contribution in [1.82, 2.24) is 5.27 Å². The Morgan fingerprint density at radius 2 is 2.53 bits per heavy atom. The number of allylic oxidation sites excluding steroid dienone is 1. The van der Waals surface area contributed by atoms with Crippen LogP contribution in [0.25, 0.3) is 0 Å². The highest BCUT2D eigenvalue weighted by molar-refractivity contribution is 5.87. The smallest absolute Gasteiger partial charge is 0.308 e. The molecule has 1 rings (SSSR count). The van der Waals surface area contributed by atoms with E-state index in [4.69, 9.17) is 4.52 Å². The van der Waals surface area contributed by atoms with Gasteiger partial charge in [0, 0.05) is 6.92 Å². The summed E-state index contributed by atoms with van der Waals surface area (Å²) in [5.41, 5.74) is 0.421. The highest BCUT2D eigenvalue weighted by atomic mass is 16.5. The molecule has 2 N–H and O–H groups in total. The summed E-state index contributed by atoms with van der Waals surface area (Å²) >= 11 is 0. The van der Waals surface area contributed by atoms with Crippen molar-refractivity contribution >= 4 is 11.8 Å². The zero-order valence-electron chi connectivity index (χ0n) is 8.73. The Hall–Kier alpha value is -1.69. The summed E-state index contributed by atoms with van der Waals surface area (Å²) in [5.74, 6) is -0.113. The summed E-state index contributed by atoms with van der Waals surface area (Å²) < 4.78 is 6.33. The third-order valence-electron chi connectivity index (χ3n) is 1.73. The average Bonchev–Trinajstić information content (AvgIpc) is 2.47. The number of aliphatic hydroxyl groups is 1. The Labute approximate surface area is 87.2 Å². The second kappa shape index (κ2) is 4.70. The van der Waals surface area contributed by atoms with E-state index in [0.29, 0.717) is 12.2 Å². The van der Waals surface area contributed by atoms with Crippen LogP contribution >= 0.6 is 0 Å². The van der Waals surface area contributed by atoms with E-state index >= 15 is 0 Å². The maximum atomic E-state index is 10.8. The topological polar surface area (TPSA) is 79.2 Å². The molecular formula is C9H14N3O3+. The lowest BCUT2D eigenvalue weighted by atomic mass is 10.3. The maximum absolute atomic E-state index is 10.8. The summed E-state index contributed by atoms with van der Waals surface area (Å²) in [6, 6.07) is 0. The fourth-order valence-electron chi connectivity index (χ4n) is 1.20. The van der Waals surface area contributed by atoms with E-state index in [0.717, 1.165) is 0 Å². The number of hydrogen-bond acceptors (Lipinski definition) is 4. The number of carbonyl (C=O) groups excluding carboxylic acids is 1. The van der Waals surface area contributed by atoms with Crippen molar-refractivity contribution in [3.63, 3.8) is 0 Å². The van der Waals surface area contributed by atoms with Crippen LogP contribution in [0.3, 0.4) is 0 Å². The quantitative estimate of drug-likeness (QED) is 0.550. The molecule has 1 heterocycles. The third-order valence-corrected chi connectivity index (χ3v) is 1.73. The average molecular weight is 212 g/mol. The largest absolute Gasteiger partial charge is 0.382 e. The van der Waals surface area contributed by atoms with E-state index in [1.807, 2.05) is 0 Å². The molecule has 15 heavy (non-hydrogen) atoms. The van der Waals surface area contributed by atoms with Crippen molar-refractivity contribution < 1.29 is 19.1 Å². The van der Waals surface area contributed by atoms with Gasteiger partial charge in [0.1, 0.15) is 6.10 Å². The minimum atomic E-state index is -0.780. The van der Waals surface area contributed by atoms with Gasteiger partial charge in [-0.2, -0.15) is 0 Å². The zero-order chi connectivity index (χ0) is 11.4. The predicted octanol–water partition coefficient (Wildman–Crippen LogP) is 0.160. The molecule has 0 aromatic carbocycles. The lowest BCUT2D eigenvalue weighted by Crippen LogP contribution is -2.39. The maximum Gasteiger partial charge on any atom is 0.308 e. The van der Waals surface area contributed by atoms with Crippen LogP contribution in [0.5, 0.6) is 0 Å². The van der Waals surface area contributed by atoms with Crippen LogP contribution < -0.4 is 10.00 Å². The first-order valence-electron chi connectivity index (χ1n) is 4.52. The normalized spacial score (nSPS) is 12.2. The second-order valence-electron chi connectivity index (χ2n) is 3.12. The molecule has 82 valence electrons. The number of hydrogen-bond donors (Lipinski definition) is 2. The molecule has 0 aliphatic heterocycles. The van der Waals surface area contributed by atoms with E-state index in [1.54, 1.807) is 13.0 Å².